The second-order valence-electron chi connectivity index (χ2n) is 6.09. The topological polar surface area (TPSA) is 48.0 Å². The Bertz CT molecular complexity index is 745. The van der Waals surface area contributed by atoms with Crippen LogP contribution in [0, 0.1) is 0 Å². The van der Waals surface area contributed by atoms with Crippen LogP contribution in [0.3, 0.4) is 0 Å². The van der Waals surface area contributed by atoms with Crippen molar-refractivity contribution < 1.29 is 19.0 Å². The van der Waals surface area contributed by atoms with Crippen LogP contribution >= 0.6 is 0 Å². The predicted octanol–water partition coefficient (Wildman–Crippen LogP) is 3.32. The Kier molecular flexibility index (Phi) is 5.24. The summed E-state index contributed by atoms with van der Waals surface area (Å²) in [6.07, 6.45) is 0.311. The zero-order valence-electron chi connectivity index (χ0n) is 14.8. The number of methoxy groups -OCH3 is 3. The number of carbonyl (C=O) groups excluding carboxylic acids is 1. The van der Waals surface area contributed by atoms with Gasteiger partial charge in [0.05, 0.1) is 27.8 Å². The van der Waals surface area contributed by atoms with Crippen LogP contribution in [-0.4, -0.2) is 32.2 Å². The number of rotatable bonds is 6. The zero-order valence-corrected chi connectivity index (χ0v) is 14.8. The molecule has 2 aromatic carbocycles. The number of nitrogens with zero attached hydrogens (tertiary/aromatic N) is 1. The smallest absolute Gasteiger partial charge is 0.307 e. The third-order valence-electron chi connectivity index (χ3n) is 4.63. The maximum absolute atomic E-state index is 11.9. The quantitative estimate of drug-likeness (QED) is 0.754. The first-order valence-electron chi connectivity index (χ1n) is 8.25. The Morgan fingerprint density at radius 1 is 1.08 bits per heavy atom. The molecular formula is C20H23NO4. The van der Waals surface area contributed by atoms with Gasteiger partial charge in [0.2, 0.25) is 0 Å². The summed E-state index contributed by atoms with van der Waals surface area (Å²) in [6, 6.07) is 14.2. The zero-order chi connectivity index (χ0) is 17.8. The van der Waals surface area contributed by atoms with Crippen LogP contribution in [0.5, 0.6) is 11.5 Å². The molecule has 1 heterocycles. The Morgan fingerprint density at radius 3 is 2.40 bits per heavy atom. The van der Waals surface area contributed by atoms with E-state index in [2.05, 4.69) is 17.0 Å². The summed E-state index contributed by atoms with van der Waals surface area (Å²) >= 11 is 0. The Morgan fingerprint density at radius 2 is 1.76 bits per heavy atom. The van der Waals surface area contributed by atoms with E-state index in [9.17, 15) is 4.79 Å². The van der Waals surface area contributed by atoms with Crippen molar-refractivity contribution in [2.45, 2.75) is 25.6 Å². The number of fused-ring (bicyclic) bond motifs is 1. The lowest BCUT2D eigenvalue weighted by molar-refractivity contribution is -0.142. The standard InChI is InChI=1S/C20H23NO4/c1-23-18-9-15-13-21(12-14-7-5-4-6-8-14)17(11-20(22)25-3)16(15)10-19(18)24-2/h4-10,17H,11-13H2,1-3H3. The highest BCUT2D eigenvalue weighted by atomic mass is 16.5. The molecule has 0 aromatic heterocycles. The van der Waals surface area contributed by atoms with E-state index in [4.69, 9.17) is 14.2 Å². The fourth-order valence-corrected chi connectivity index (χ4v) is 3.37. The molecule has 0 saturated heterocycles. The first kappa shape index (κ1) is 17.3. The van der Waals surface area contributed by atoms with E-state index in [1.54, 1.807) is 14.2 Å². The first-order valence-corrected chi connectivity index (χ1v) is 8.25. The molecule has 1 aliphatic rings. The largest absolute Gasteiger partial charge is 0.493 e. The average molecular weight is 341 g/mol. The van der Waals surface area contributed by atoms with E-state index in [-0.39, 0.29) is 12.0 Å². The van der Waals surface area contributed by atoms with Gasteiger partial charge in [-0.1, -0.05) is 30.3 Å². The molecule has 0 N–H and O–H groups in total. The summed E-state index contributed by atoms with van der Waals surface area (Å²) in [5, 5.41) is 0. The summed E-state index contributed by atoms with van der Waals surface area (Å²) in [5.41, 5.74) is 3.46. The monoisotopic (exact) mass is 341 g/mol. The van der Waals surface area contributed by atoms with Crippen molar-refractivity contribution in [3.8, 4) is 11.5 Å². The SMILES string of the molecule is COC(=O)CC1c2cc(OC)c(OC)cc2CN1Cc1ccccc1. The molecule has 0 spiro atoms. The molecule has 25 heavy (non-hydrogen) atoms. The lowest BCUT2D eigenvalue weighted by Gasteiger charge is -2.24. The maximum atomic E-state index is 11.9. The first-order chi connectivity index (χ1) is 12.2. The second kappa shape index (κ2) is 7.57. The molecule has 3 rings (SSSR count). The van der Waals surface area contributed by atoms with E-state index in [1.807, 2.05) is 30.3 Å². The van der Waals surface area contributed by atoms with Crippen LogP contribution in [0.1, 0.15) is 29.2 Å². The molecule has 0 aliphatic carbocycles. The molecule has 5 heteroatoms. The van der Waals surface area contributed by atoms with Crippen LogP contribution in [0.4, 0.5) is 0 Å². The van der Waals surface area contributed by atoms with E-state index < -0.39 is 0 Å². The van der Waals surface area contributed by atoms with Gasteiger partial charge in [0.15, 0.2) is 11.5 Å². The van der Waals surface area contributed by atoms with Gasteiger partial charge in [-0.05, 0) is 28.8 Å². The maximum Gasteiger partial charge on any atom is 0.307 e. The number of hydrogen-bond donors (Lipinski definition) is 0. The van der Waals surface area contributed by atoms with Gasteiger partial charge >= 0.3 is 5.97 Å². The van der Waals surface area contributed by atoms with Crippen molar-refractivity contribution in [1.82, 2.24) is 4.90 Å². The lowest BCUT2D eigenvalue weighted by Crippen LogP contribution is -2.24. The van der Waals surface area contributed by atoms with Gasteiger partial charge in [-0.2, -0.15) is 0 Å². The molecule has 1 unspecified atom stereocenters. The van der Waals surface area contributed by atoms with Crippen LogP contribution in [-0.2, 0) is 22.6 Å². The van der Waals surface area contributed by atoms with Crippen molar-refractivity contribution in [1.29, 1.82) is 0 Å². The van der Waals surface area contributed by atoms with E-state index in [0.29, 0.717) is 17.9 Å². The van der Waals surface area contributed by atoms with E-state index in [0.717, 1.165) is 24.2 Å². The second-order valence-corrected chi connectivity index (χ2v) is 6.09. The summed E-state index contributed by atoms with van der Waals surface area (Å²) in [4.78, 5) is 14.2. The van der Waals surface area contributed by atoms with Crippen molar-refractivity contribution in [3.63, 3.8) is 0 Å². The molecule has 132 valence electrons. The predicted molar refractivity (Wildman–Crippen MR) is 94.6 cm³/mol. The molecule has 0 radical (unpaired) electrons. The summed E-state index contributed by atoms with van der Waals surface area (Å²) in [5.74, 6) is 1.17. The summed E-state index contributed by atoms with van der Waals surface area (Å²) in [7, 11) is 4.68. The minimum absolute atomic E-state index is 0.0394. The van der Waals surface area contributed by atoms with Crippen LogP contribution < -0.4 is 9.47 Å². The molecule has 1 aliphatic heterocycles. The summed E-state index contributed by atoms with van der Waals surface area (Å²) < 4.78 is 15.8. The van der Waals surface area contributed by atoms with Crippen LogP contribution in [0.2, 0.25) is 0 Å². The Hall–Kier alpha value is -2.53. The lowest BCUT2D eigenvalue weighted by atomic mass is 10.0. The molecule has 5 nitrogen and oxygen atoms in total. The van der Waals surface area contributed by atoms with Gasteiger partial charge < -0.3 is 14.2 Å². The third kappa shape index (κ3) is 3.61. The van der Waals surface area contributed by atoms with Gasteiger partial charge in [0.25, 0.3) is 0 Å². The van der Waals surface area contributed by atoms with E-state index in [1.165, 1.54) is 12.7 Å². The van der Waals surface area contributed by atoms with Crippen LogP contribution in [0.25, 0.3) is 0 Å². The third-order valence-corrected chi connectivity index (χ3v) is 4.63. The number of ether oxygens (including phenoxy) is 3. The highest BCUT2D eigenvalue weighted by Gasteiger charge is 2.33. The van der Waals surface area contributed by atoms with Gasteiger partial charge in [-0.3, -0.25) is 9.69 Å². The van der Waals surface area contributed by atoms with Gasteiger partial charge in [-0.25, -0.2) is 0 Å². The molecular weight excluding hydrogens is 318 g/mol. The number of benzene rings is 2. The Balaban J connectivity index is 1.94. The van der Waals surface area contributed by atoms with Gasteiger partial charge in [0.1, 0.15) is 0 Å². The fraction of sp³-hybridized carbons (Fsp3) is 0.350. The molecule has 1 atom stereocenters. The molecule has 0 amide bonds. The fourth-order valence-electron chi connectivity index (χ4n) is 3.37. The van der Waals surface area contributed by atoms with Gasteiger partial charge in [-0.15, -0.1) is 0 Å². The minimum atomic E-state index is -0.217. The number of esters is 1. The van der Waals surface area contributed by atoms with E-state index >= 15 is 0 Å². The molecule has 0 saturated carbocycles. The summed E-state index contributed by atoms with van der Waals surface area (Å²) in [6.45, 7) is 1.52. The van der Waals surface area contributed by atoms with Crippen LogP contribution in [0.15, 0.2) is 42.5 Å². The highest BCUT2D eigenvalue weighted by molar-refractivity contribution is 5.71. The van der Waals surface area contributed by atoms with Gasteiger partial charge in [0, 0.05) is 19.1 Å². The van der Waals surface area contributed by atoms with Crippen molar-refractivity contribution in [2.24, 2.45) is 0 Å². The molecule has 0 fully saturated rings. The van der Waals surface area contributed by atoms with Crippen molar-refractivity contribution >= 4 is 5.97 Å². The highest BCUT2D eigenvalue weighted by Crippen LogP contribution is 2.42. The van der Waals surface area contributed by atoms with Crippen molar-refractivity contribution in [3.05, 3.63) is 59.2 Å². The van der Waals surface area contributed by atoms with Crippen molar-refractivity contribution in [2.75, 3.05) is 21.3 Å². The number of hydrogen-bond acceptors (Lipinski definition) is 5. The molecule has 0 bridgehead atoms. The average Bonchev–Trinajstić information content (AvgIpc) is 2.97. The number of carbonyl (C=O) groups is 1. The normalized spacial score (nSPS) is 16.4. The molecule has 2 aromatic rings. The minimum Gasteiger partial charge on any atom is -0.493 e. The Labute approximate surface area is 148 Å².